The van der Waals surface area contributed by atoms with Gasteiger partial charge in [0, 0.05) is 30.9 Å². The van der Waals surface area contributed by atoms with E-state index < -0.39 is 0 Å². The van der Waals surface area contributed by atoms with Crippen LogP contribution in [0.2, 0.25) is 0 Å². The fourth-order valence-corrected chi connectivity index (χ4v) is 2.06. The minimum Gasteiger partial charge on any atom is -0.497 e. The van der Waals surface area contributed by atoms with Crippen LogP contribution < -0.4 is 4.74 Å². The molecule has 2 aromatic rings. The average molecular weight is 257 g/mol. The maximum absolute atomic E-state index is 11.8. The van der Waals surface area contributed by atoms with Gasteiger partial charge in [-0.3, -0.25) is 4.79 Å². The normalized spacial score (nSPS) is 10.4. The van der Waals surface area contributed by atoms with Crippen molar-refractivity contribution in [2.45, 2.75) is 26.3 Å². The molecule has 1 aromatic carbocycles. The molecule has 0 unspecified atom stereocenters. The van der Waals surface area contributed by atoms with Crippen molar-refractivity contribution in [3.8, 4) is 5.75 Å². The molecule has 0 saturated carbocycles. The van der Waals surface area contributed by atoms with Crippen LogP contribution in [0.15, 0.2) is 42.7 Å². The van der Waals surface area contributed by atoms with Crippen LogP contribution in [0, 0.1) is 0 Å². The van der Waals surface area contributed by atoms with Crippen LogP contribution in [0.3, 0.4) is 0 Å². The van der Waals surface area contributed by atoms with E-state index in [1.165, 1.54) is 0 Å². The van der Waals surface area contributed by atoms with Gasteiger partial charge in [0.25, 0.3) is 0 Å². The summed E-state index contributed by atoms with van der Waals surface area (Å²) in [5, 5.41) is 0. The Balaban J connectivity index is 2.09. The summed E-state index contributed by atoms with van der Waals surface area (Å²) in [7, 11) is 1.66. The van der Waals surface area contributed by atoms with Gasteiger partial charge in [0.1, 0.15) is 5.75 Å². The minimum absolute atomic E-state index is 0.215. The van der Waals surface area contributed by atoms with Crippen LogP contribution in [0.4, 0.5) is 0 Å². The first-order chi connectivity index (χ1) is 9.22. The summed E-state index contributed by atoms with van der Waals surface area (Å²) in [5.41, 5.74) is 1.95. The lowest BCUT2D eigenvalue weighted by Gasteiger charge is -2.05. The van der Waals surface area contributed by atoms with E-state index in [1.807, 2.05) is 48.1 Å². The number of Topliss-reactive ketones (excluding diaryl/α,β-unsaturated/α-hetero) is 1. The molecule has 2 rings (SSSR count). The summed E-state index contributed by atoms with van der Waals surface area (Å²) in [4.78, 5) is 11.8. The Morgan fingerprint density at radius 2 is 2.16 bits per heavy atom. The number of ether oxygens (including phenoxy) is 1. The second-order valence-electron chi connectivity index (χ2n) is 4.60. The van der Waals surface area contributed by atoms with Crippen molar-refractivity contribution in [1.82, 2.24) is 4.57 Å². The van der Waals surface area contributed by atoms with E-state index in [-0.39, 0.29) is 5.78 Å². The molecule has 0 spiro atoms. The fraction of sp³-hybridized carbons (Fsp3) is 0.312. The van der Waals surface area contributed by atoms with Gasteiger partial charge < -0.3 is 9.30 Å². The first-order valence-corrected chi connectivity index (χ1v) is 6.55. The van der Waals surface area contributed by atoms with Crippen LogP contribution in [0.25, 0.3) is 0 Å². The van der Waals surface area contributed by atoms with Gasteiger partial charge in [-0.05, 0) is 30.2 Å². The predicted molar refractivity (Wildman–Crippen MR) is 75.8 cm³/mol. The van der Waals surface area contributed by atoms with Gasteiger partial charge in [0.15, 0.2) is 5.78 Å². The molecule has 0 aliphatic carbocycles. The highest BCUT2D eigenvalue weighted by molar-refractivity contribution is 5.95. The van der Waals surface area contributed by atoms with Gasteiger partial charge in [-0.2, -0.15) is 0 Å². The Kier molecular flexibility index (Phi) is 4.39. The first kappa shape index (κ1) is 13.4. The molecule has 100 valence electrons. The molecule has 0 radical (unpaired) electrons. The van der Waals surface area contributed by atoms with Crippen LogP contribution in [-0.2, 0) is 6.54 Å². The number of carbonyl (C=O) groups is 1. The van der Waals surface area contributed by atoms with E-state index in [9.17, 15) is 4.79 Å². The van der Waals surface area contributed by atoms with Gasteiger partial charge >= 0.3 is 0 Å². The molecule has 0 aliphatic rings. The molecule has 0 atom stereocenters. The molecule has 0 fully saturated rings. The third kappa shape index (κ3) is 3.47. The monoisotopic (exact) mass is 257 g/mol. The molecule has 0 amide bonds. The largest absolute Gasteiger partial charge is 0.497 e. The Labute approximate surface area is 113 Å². The number of hydrogen-bond donors (Lipinski definition) is 0. The Morgan fingerprint density at radius 3 is 2.89 bits per heavy atom. The maximum Gasteiger partial charge on any atom is 0.164 e. The van der Waals surface area contributed by atoms with Crippen LogP contribution in [-0.4, -0.2) is 17.5 Å². The van der Waals surface area contributed by atoms with E-state index in [0.717, 1.165) is 29.8 Å². The van der Waals surface area contributed by atoms with Crippen molar-refractivity contribution >= 4 is 5.78 Å². The van der Waals surface area contributed by atoms with Crippen molar-refractivity contribution in [3.63, 3.8) is 0 Å². The molecular formula is C16H19NO2. The van der Waals surface area contributed by atoms with Gasteiger partial charge in [0.05, 0.1) is 7.11 Å². The lowest BCUT2D eigenvalue weighted by Crippen LogP contribution is -1.99. The van der Waals surface area contributed by atoms with Crippen molar-refractivity contribution in [3.05, 3.63) is 53.9 Å². The molecule has 0 bridgehead atoms. The van der Waals surface area contributed by atoms with Crippen molar-refractivity contribution in [2.75, 3.05) is 7.11 Å². The van der Waals surface area contributed by atoms with E-state index in [1.54, 1.807) is 7.11 Å². The number of nitrogens with zero attached hydrogens (tertiary/aromatic N) is 1. The SMILES string of the molecule is CCCC(=O)c1ccn(Cc2cccc(OC)c2)c1. The van der Waals surface area contributed by atoms with Crippen LogP contribution in [0.5, 0.6) is 5.75 Å². The van der Waals surface area contributed by atoms with E-state index in [2.05, 4.69) is 6.07 Å². The predicted octanol–water partition coefficient (Wildman–Crippen LogP) is 3.53. The third-order valence-electron chi connectivity index (χ3n) is 3.05. The molecule has 0 saturated heterocycles. The molecular weight excluding hydrogens is 238 g/mol. The standard InChI is InChI=1S/C16H19NO2/c1-3-5-16(18)14-8-9-17(12-14)11-13-6-4-7-15(10-13)19-2/h4,6-10,12H,3,5,11H2,1-2H3. The summed E-state index contributed by atoms with van der Waals surface area (Å²) < 4.78 is 7.23. The number of aromatic nitrogens is 1. The topological polar surface area (TPSA) is 31.2 Å². The second kappa shape index (κ2) is 6.23. The Hall–Kier alpha value is -2.03. The molecule has 1 heterocycles. The minimum atomic E-state index is 0.215. The summed E-state index contributed by atoms with van der Waals surface area (Å²) in [6.45, 7) is 2.77. The highest BCUT2D eigenvalue weighted by Crippen LogP contribution is 2.14. The van der Waals surface area contributed by atoms with E-state index >= 15 is 0 Å². The average Bonchev–Trinajstić information content (AvgIpc) is 2.88. The van der Waals surface area contributed by atoms with Gasteiger partial charge in [-0.25, -0.2) is 0 Å². The van der Waals surface area contributed by atoms with Gasteiger partial charge in [0.2, 0.25) is 0 Å². The summed E-state index contributed by atoms with van der Waals surface area (Å²) >= 11 is 0. The van der Waals surface area contributed by atoms with Crippen molar-refractivity contribution in [1.29, 1.82) is 0 Å². The van der Waals surface area contributed by atoms with Crippen molar-refractivity contribution < 1.29 is 9.53 Å². The summed E-state index contributed by atoms with van der Waals surface area (Å²) in [6, 6.07) is 9.85. The van der Waals surface area contributed by atoms with E-state index in [4.69, 9.17) is 4.74 Å². The lowest BCUT2D eigenvalue weighted by atomic mass is 10.1. The number of carbonyl (C=O) groups excluding carboxylic acids is 1. The van der Waals surface area contributed by atoms with E-state index in [0.29, 0.717) is 6.42 Å². The Morgan fingerprint density at radius 1 is 1.32 bits per heavy atom. The van der Waals surface area contributed by atoms with Crippen molar-refractivity contribution in [2.24, 2.45) is 0 Å². The zero-order valence-corrected chi connectivity index (χ0v) is 11.4. The zero-order valence-electron chi connectivity index (χ0n) is 11.4. The fourth-order valence-electron chi connectivity index (χ4n) is 2.06. The third-order valence-corrected chi connectivity index (χ3v) is 3.05. The van der Waals surface area contributed by atoms with Gasteiger partial charge in [-0.1, -0.05) is 19.1 Å². The first-order valence-electron chi connectivity index (χ1n) is 6.55. The van der Waals surface area contributed by atoms with Crippen LogP contribution in [0.1, 0.15) is 35.7 Å². The lowest BCUT2D eigenvalue weighted by molar-refractivity contribution is 0.0981. The highest BCUT2D eigenvalue weighted by Gasteiger charge is 2.06. The van der Waals surface area contributed by atoms with Crippen LogP contribution >= 0.6 is 0 Å². The number of hydrogen-bond acceptors (Lipinski definition) is 2. The smallest absolute Gasteiger partial charge is 0.164 e. The summed E-state index contributed by atoms with van der Waals surface area (Å²) in [6.07, 6.45) is 5.36. The number of rotatable bonds is 6. The maximum atomic E-state index is 11.8. The summed E-state index contributed by atoms with van der Waals surface area (Å²) in [5.74, 6) is 1.07. The number of ketones is 1. The zero-order chi connectivity index (χ0) is 13.7. The molecule has 1 aromatic heterocycles. The molecule has 0 N–H and O–H groups in total. The highest BCUT2D eigenvalue weighted by atomic mass is 16.5. The quantitative estimate of drug-likeness (QED) is 0.741. The molecule has 3 heteroatoms. The number of benzene rings is 1. The van der Waals surface area contributed by atoms with Gasteiger partial charge in [-0.15, -0.1) is 0 Å². The number of methoxy groups -OCH3 is 1. The molecule has 3 nitrogen and oxygen atoms in total. The second-order valence-corrected chi connectivity index (χ2v) is 4.60. The Bertz CT molecular complexity index is 557. The molecule has 19 heavy (non-hydrogen) atoms. The molecule has 0 aliphatic heterocycles.